The predicted molar refractivity (Wildman–Crippen MR) is 44.2 cm³/mol. The molecular weight excluding hydrogens is 231 g/mol. The van der Waals surface area contributed by atoms with Gasteiger partial charge in [0.25, 0.3) is 0 Å². The van der Waals surface area contributed by atoms with Crippen LogP contribution in [-0.4, -0.2) is 44.8 Å². The van der Waals surface area contributed by atoms with Gasteiger partial charge in [0.05, 0.1) is 6.61 Å². The van der Waals surface area contributed by atoms with Crippen molar-refractivity contribution in [2.45, 2.75) is 12.2 Å². The van der Waals surface area contributed by atoms with Crippen molar-refractivity contribution in [3.63, 3.8) is 0 Å². The van der Waals surface area contributed by atoms with Crippen LogP contribution in [0, 0.1) is 0 Å². The van der Waals surface area contributed by atoms with Crippen LogP contribution in [0.1, 0.15) is 0 Å². The maximum atomic E-state index is 10.9. The van der Waals surface area contributed by atoms with Crippen molar-refractivity contribution in [2.75, 3.05) is 6.61 Å². The Kier molecular flexibility index (Phi) is 3.48. The first-order chi connectivity index (χ1) is 6.83. The fraction of sp³-hybridized carbons (Fsp3) is 0.500. The SMILES string of the molecule is O=C1OC(C(O)CO)C=C1OP(=O)(O)O. The average Bonchev–Trinajstić information content (AvgIpc) is 2.44. The molecule has 86 valence electrons. The molecule has 0 fully saturated rings. The highest BCUT2D eigenvalue weighted by Gasteiger charge is 2.35. The van der Waals surface area contributed by atoms with Gasteiger partial charge in [-0.2, -0.15) is 0 Å². The lowest BCUT2D eigenvalue weighted by Crippen LogP contribution is -2.28. The van der Waals surface area contributed by atoms with Gasteiger partial charge in [0.1, 0.15) is 6.10 Å². The second-order valence-corrected chi connectivity index (χ2v) is 3.90. The van der Waals surface area contributed by atoms with Crippen LogP contribution in [0.15, 0.2) is 11.8 Å². The molecular formula is C6H9O8P. The molecule has 0 aromatic rings. The van der Waals surface area contributed by atoms with E-state index in [1.165, 1.54) is 0 Å². The van der Waals surface area contributed by atoms with E-state index in [0.29, 0.717) is 0 Å². The number of esters is 1. The first kappa shape index (κ1) is 12.2. The molecule has 2 unspecified atom stereocenters. The van der Waals surface area contributed by atoms with Crippen LogP contribution in [0.2, 0.25) is 0 Å². The second-order valence-electron chi connectivity index (χ2n) is 2.73. The number of rotatable bonds is 4. The number of carbonyl (C=O) groups excluding carboxylic acids is 1. The average molecular weight is 240 g/mol. The summed E-state index contributed by atoms with van der Waals surface area (Å²) in [6, 6.07) is 0. The lowest BCUT2D eigenvalue weighted by atomic mass is 10.2. The Labute approximate surface area is 84.0 Å². The van der Waals surface area contributed by atoms with Gasteiger partial charge in [-0.25, -0.2) is 9.36 Å². The Bertz CT molecular complexity index is 330. The Morgan fingerprint density at radius 3 is 2.67 bits per heavy atom. The van der Waals surface area contributed by atoms with E-state index in [1.54, 1.807) is 0 Å². The van der Waals surface area contributed by atoms with Crippen LogP contribution in [0.5, 0.6) is 0 Å². The summed E-state index contributed by atoms with van der Waals surface area (Å²) in [6.45, 7) is -0.655. The highest BCUT2D eigenvalue weighted by Crippen LogP contribution is 2.40. The third kappa shape index (κ3) is 3.29. The van der Waals surface area contributed by atoms with Gasteiger partial charge in [0.2, 0.25) is 5.76 Å². The van der Waals surface area contributed by atoms with Crippen molar-refractivity contribution in [1.82, 2.24) is 0 Å². The predicted octanol–water partition coefficient (Wildman–Crippen LogP) is -1.74. The van der Waals surface area contributed by atoms with Crippen LogP contribution in [-0.2, 0) is 18.6 Å². The van der Waals surface area contributed by atoms with Gasteiger partial charge in [-0.1, -0.05) is 0 Å². The number of hydrogen-bond acceptors (Lipinski definition) is 6. The van der Waals surface area contributed by atoms with E-state index in [4.69, 9.17) is 20.0 Å². The van der Waals surface area contributed by atoms with Crippen molar-refractivity contribution in [1.29, 1.82) is 0 Å². The molecule has 8 nitrogen and oxygen atoms in total. The molecule has 9 heteroatoms. The molecule has 1 heterocycles. The molecule has 0 radical (unpaired) electrons. The van der Waals surface area contributed by atoms with E-state index in [0.717, 1.165) is 6.08 Å². The molecule has 0 spiro atoms. The lowest BCUT2D eigenvalue weighted by molar-refractivity contribution is -0.146. The zero-order valence-corrected chi connectivity index (χ0v) is 8.20. The molecule has 2 atom stereocenters. The largest absolute Gasteiger partial charge is 0.525 e. The number of aliphatic hydroxyl groups is 2. The third-order valence-electron chi connectivity index (χ3n) is 1.54. The van der Waals surface area contributed by atoms with Crippen LogP contribution < -0.4 is 0 Å². The van der Waals surface area contributed by atoms with E-state index >= 15 is 0 Å². The van der Waals surface area contributed by atoms with E-state index in [1.807, 2.05) is 0 Å². The minimum absolute atomic E-state index is 0.655. The van der Waals surface area contributed by atoms with Crippen molar-refractivity contribution in [3.8, 4) is 0 Å². The van der Waals surface area contributed by atoms with Gasteiger partial charge in [0, 0.05) is 6.08 Å². The molecule has 4 N–H and O–H groups in total. The molecule has 0 saturated heterocycles. The normalized spacial score (nSPS) is 23.3. The van der Waals surface area contributed by atoms with Crippen molar-refractivity contribution in [3.05, 3.63) is 11.8 Å². The van der Waals surface area contributed by atoms with Crippen LogP contribution in [0.3, 0.4) is 0 Å². The highest BCUT2D eigenvalue weighted by molar-refractivity contribution is 7.46. The number of ether oxygens (including phenoxy) is 1. The minimum Gasteiger partial charge on any atom is -0.449 e. The van der Waals surface area contributed by atoms with Gasteiger partial charge in [-0.15, -0.1) is 0 Å². The number of phosphoric ester groups is 1. The third-order valence-corrected chi connectivity index (χ3v) is 1.98. The molecule has 15 heavy (non-hydrogen) atoms. The van der Waals surface area contributed by atoms with Crippen LogP contribution >= 0.6 is 7.82 Å². The van der Waals surface area contributed by atoms with E-state index in [-0.39, 0.29) is 0 Å². The fourth-order valence-electron chi connectivity index (χ4n) is 0.922. The monoisotopic (exact) mass is 240 g/mol. The Morgan fingerprint density at radius 1 is 1.60 bits per heavy atom. The van der Waals surface area contributed by atoms with Gasteiger partial charge in [-0.3, -0.25) is 9.79 Å². The molecule has 0 amide bonds. The Morgan fingerprint density at radius 2 is 2.20 bits per heavy atom. The highest BCUT2D eigenvalue weighted by atomic mass is 31.2. The standard InChI is InChI=1S/C6H9O8P/c7-2-3(8)4-1-5(6(9)13-4)14-15(10,11)12/h1,3-4,7-8H,2H2,(H2,10,11,12). The summed E-state index contributed by atoms with van der Waals surface area (Å²) in [5, 5.41) is 17.6. The zero-order valence-electron chi connectivity index (χ0n) is 7.31. The van der Waals surface area contributed by atoms with Gasteiger partial charge < -0.3 is 19.5 Å². The van der Waals surface area contributed by atoms with Crippen molar-refractivity contribution < 1.29 is 38.6 Å². The fourth-order valence-corrected chi connectivity index (χ4v) is 1.31. The minimum atomic E-state index is -4.83. The summed E-state index contributed by atoms with van der Waals surface area (Å²) >= 11 is 0. The first-order valence-electron chi connectivity index (χ1n) is 3.80. The van der Waals surface area contributed by atoms with E-state index in [9.17, 15) is 9.36 Å². The molecule has 0 aliphatic carbocycles. The van der Waals surface area contributed by atoms with Crippen molar-refractivity contribution >= 4 is 13.8 Å². The Balaban J connectivity index is 2.73. The first-order valence-corrected chi connectivity index (χ1v) is 5.33. The zero-order chi connectivity index (χ0) is 11.6. The van der Waals surface area contributed by atoms with E-state index < -0.39 is 38.4 Å². The summed E-state index contributed by atoms with van der Waals surface area (Å²) in [5.41, 5.74) is 0. The summed E-state index contributed by atoms with van der Waals surface area (Å²) < 4.78 is 18.8. The molecule has 0 saturated carbocycles. The molecule has 0 aromatic carbocycles. The smallest absolute Gasteiger partial charge is 0.449 e. The van der Waals surface area contributed by atoms with Gasteiger partial charge >= 0.3 is 13.8 Å². The lowest BCUT2D eigenvalue weighted by Gasteiger charge is -2.11. The Hall–Kier alpha value is -0.920. The van der Waals surface area contributed by atoms with Crippen molar-refractivity contribution in [2.24, 2.45) is 0 Å². The summed E-state index contributed by atoms with van der Waals surface area (Å²) in [4.78, 5) is 27.7. The summed E-state index contributed by atoms with van der Waals surface area (Å²) in [6.07, 6.45) is -1.63. The maximum absolute atomic E-state index is 10.9. The summed E-state index contributed by atoms with van der Waals surface area (Å²) in [7, 11) is -4.83. The maximum Gasteiger partial charge on any atom is 0.525 e. The number of aliphatic hydroxyl groups excluding tert-OH is 2. The van der Waals surface area contributed by atoms with Crippen LogP contribution in [0.25, 0.3) is 0 Å². The number of hydrogen-bond donors (Lipinski definition) is 4. The topological polar surface area (TPSA) is 134 Å². The number of cyclic esters (lactones) is 1. The number of carbonyl (C=O) groups is 1. The number of phosphoric acid groups is 1. The van der Waals surface area contributed by atoms with Crippen LogP contribution in [0.4, 0.5) is 0 Å². The molecule has 1 rings (SSSR count). The molecule has 0 aromatic heterocycles. The quantitative estimate of drug-likeness (QED) is 0.336. The van der Waals surface area contributed by atoms with Gasteiger partial charge in [-0.05, 0) is 0 Å². The molecule has 1 aliphatic heterocycles. The summed E-state index contributed by atoms with van der Waals surface area (Å²) in [5.74, 6) is -1.78. The van der Waals surface area contributed by atoms with Gasteiger partial charge in [0.15, 0.2) is 6.10 Å². The second kappa shape index (κ2) is 4.30. The van der Waals surface area contributed by atoms with E-state index in [2.05, 4.69) is 9.26 Å². The molecule has 1 aliphatic rings. The molecule has 0 bridgehead atoms.